The first-order valence-electron chi connectivity index (χ1n) is 10.3. The molecule has 0 radical (unpaired) electrons. The second kappa shape index (κ2) is 12.3. The van der Waals surface area contributed by atoms with E-state index in [9.17, 15) is 18.0 Å². The lowest BCUT2D eigenvalue weighted by molar-refractivity contribution is -0.140. The van der Waals surface area contributed by atoms with E-state index in [2.05, 4.69) is 5.32 Å². The minimum absolute atomic E-state index is 0.00409. The summed E-state index contributed by atoms with van der Waals surface area (Å²) in [4.78, 5) is 27.6. The van der Waals surface area contributed by atoms with Crippen molar-refractivity contribution < 1.29 is 18.0 Å². The lowest BCUT2D eigenvalue weighted by atomic mass is 10.1. The van der Waals surface area contributed by atoms with E-state index in [1.54, 1.807) is 38.1 Å². The van der Waals surface area contributed by atoms with Crippen molar-refractivity contribution in [3.05, 3.63) is 62.1 Å². The average molecular weight is 569 g/mol. The molecule has 1 N–H and O–H groups in total. The molecule has 2 aromatic rings. The number of rotatable bonds is 10. The minimum atomic E-state index is -3.96. The fourth-order valence-electron chi connectivity index (χ4n) is 3.30. The highest BCUT2D eigenvalue weighted by molar-refractivity contribution is 7.92. The molecule has 34 heavy (non-hydrogen) atoms. The SMILES string of the molecule is CCNC(=O)[C@H](CC)N(Cc1ccc(Cl)cc1)C(=O)CN(c1cc(Cl)c(Cl)cc1Cl)S(C)(=O)=O. The van der Waals surface area contributed by atoms with E-state index in [4.69, 9.17) is 46.4 Å². The Morgan fingerprint density at radius 1 is 0.971 bits per heavy atom. The highest BCUT2D eigenvalue weighted by Crippen LogP contribution is 2.35. The quantitative estimate of drug-likeness (QED) is 0.408. The van der Waals surface area contributed by atoms with Gasteiger partial charge in [0.1, 0.15) is 12.6 Å². The number of nitrogens with zero attached hydrogens (tertiary/aromatic N) is 2. The molecule has 0 aliphatic carbocycles. The van der Waals surface area contributed by atoms with Gasteiger partial charge in [-0.05, 0) is 43.2 Å². The van der Waals surface area contributed by atoms with Crippen LogP contribution < -0.4 is 9.62 Å². The third kappa shape index (κ3) is 7.39. The predicted octanol–water partition coefficient (Wildman–Crippen LogP) is 5.01. The number of anilines is 1. The molecule has 0 fully saturated rings. The van der Waals surface area contributed by atoms with Gasteiger partial charge in [0.15, 0.2) is 0 Å². The molecule has 0 saturated carbocycles. The summed E-state index contributed by atoms with van der Waals surface area (Å²) < 4.78 is 26.1. The van der Waals surface area contributed by atoms with Crippen LogP contribution in [0, 0.1) is 0 Å². The number of halogens is 4. The van der Waals surface area contributed by atoms with Gasteiger partial charge in [-0.1, -0.05) is 65.5 Å². The monoisotopic (exact) mass is 567 g/mol. The summed E-state index contributed by atoms with van der Waals surface area (Å²) >= 11 is 24.3. The van der Waals surface area contributed by atoms with Gasteiger partial charge in [-0.25, -0.2) is 8.42 Å². The van der Waals surface area contributed by atoms with E-state index in [-0.39, 0.29) is 33.2 Å². The third-order valence-electron chi connectivity index (χ3n) is 4.94. The van der Waals surface area contributed by atoms with Crippen LogP contribution in [0.5, 0.6) is 0 Å². The van der Waals surface area contributed by atoms with Gasteiger partial charge in [-0.2, -0.15) is 0 Å². The van der Waals surface area contributed by atoms with Crippen LogP contribution in [0.3, 0.4) is 0 Å². The van der Waals surface area contributed by atoms with Crippen LogP contribution in [0.1, 0.15) is 25.8 Å². The van der Waals surface area contributed by atoms with E-state index in [0.717, 1.165) is 16.1 Å². The Balaban J connectivity index is 2.49. The van der Waals surface area contributed by atoms with E-state index < -0.39 is 28.5 Å². The van der Waals surface area contributed by atoms with Crippen molar-refractivity contribution in [1.82, 2.24) is 10.2 Å². The van der Waals surface area contributed by atoms with Gasteiger partial charge in [0.25, 0.3) is 0 Å². The fraction of sp³-hybridized carbons (Fsp3) is 0.364. The Bertz CT molecular complexity index is 1140. The van der Waals surface area contributed by atoms with Crippen molar-refractivity contribution in [3.8, 4) is 0 Å². The smallest absolute Gasteiger partial charge is 0.244 e. The van der Waals surface area contributed by atoms with E-state index in [1.807, 2.05) is 0 Å². The number of likely N-dealkylation sites (N-methyl/N-ethyl adjacent to an activating group) is 1. The number of hydrogen-bond acceptors (Lipinski definition) is 4. The Morgan fingerprint density at radius 2 is 1.56 bits per heavy atom. The second-order valence-corrected chi connectivity index (χ2v) is 11.0. The van der Waals surface area contributed by atoms with E-state index in [1.165, 1.54) is 17.0 Å². The Morgan fingerprint density at radius 3 is 2.09 bits per heavy atom. The number of nitrogens with one attached hydrogen (secondary N) is 1. The van der Waals surface area contributed by atoms with Crippen LogP contribution in [-0.2, 0) is 26.2 Å². The van der Waals surface area contributed by atoms with Crippen LogP contribution in [0.4, 0.5) is 5.69 Å². The predicted molar refractivity (Wildman–Crippen MR) is 138 cm³/mol. The Hall–Kier alpha value is -1.71. The number of carbonyl (C=O) groups excluding carboxylic acids is 2. The summed E-state index contributed by atoms with van der Waals surface area (Å²) in [6.45, 7) is 3.39. The van der Waals surface area contributed by atoms with Crippen LogP contribution in [0.15, 0.2) is 36.4 Å². The molecular weight excluding hydrogens is 544 g/mol. The first kappa shape index (κ1) is 28.5. The standard InChI is InChI=1S/C22H25Cl4N3O4S/c1-4-19(22(31)27-5-2)28(12-14-6-8-15(23)9-7-14)21(30)13-29(34(3,32)33)20-11-17(25)16(24)10-18(20)26/h6-11,19H,4-5,12-13H2,1-3H3,(H,27,31)/t19-/m0/s1. The van der Waals surface area contributed by atoms with Crippen LogP contribution in [-0.4, -0.2) is 50.5 Å². The van der Waals surface area contributed by atoms with Crippen LogP contribution >= 0.6 is 46.4 Å². The molecule has 12 heteroatoms. The molecule has 2 amide bonds. The minimum Gasteiger partial charge on any atom is -0.355 e. The highest BCUT2D eigenvalue weighted by atomic mass is 35.5. The van der Waals surface area contributed by atoms with Gasteiger partial charge in [-0.15, -0.1) is 0 Å². The molecule has 0 spiro atoms. The molecule has 0 heterocycles. The molecule has 0 saturated heterocycles. The summed E-state index contributed by atoms with van der Waals surface area (Å²) in [5, 5.41) is 3.47. The van der Waals surface area contributed by atoms with E-state index >= 15 is 0 Å². The molecule has 2 rings (SSSR count). The number of carbonyl (C=O) groups is 2. The highest BCUT2D eigenvalue weighted by Gasteiger charge is 2.32. The van der Waals surface area contributed by atoms with E-state index in [0.29, 0.717) is 18.0 Å². The maximum atomic E-state index is 13.5. The molecule has 186 valence electrons. The molecule has 0 bridgehead atoms. The molecule has 0 aliphatic rings. The lowest BCUT2D eigenvalue weighted by Gasteiger charge is -2.33. The normalized spacial score (nSPS) is 12.2. The van der Waals surface area contributed by atoms with Crippen LogP contribution in [0.2, 0.25) is 20.1 Å². The molecule has 0 aromatic heterocycles. The summed E-state index contributed by atoms with van der Waals surface area (Å²) in [5.74, 6) is -0.939. The number of amides is 2. The maximum absolute atomic E-state index is 13.5. The maximum Gasteiger partial charge on any atom is 0.244 e. The zero-order valence-corrected chi connectivity index (χ0v) is 22.7. The Kier molecular flexibility index (Phi) is 10.3. The van der Waals surface area contributed by atoms with Gasteiger partial charge >= 0.3 is 0 Å². The van der Waals surface area contributed by atoms with Crippen molar-refractivity contribution >= 4 is 73.9 Å². The summed E-state index contributed by atoms with van der Waals surface area (Å²) in [7, 11) is -3.96. The molecule has 0 aliphatic heterocycles. The Labute approximate surface area is 220 Å². The zero-order chi connectivity index (χ0) is 25.6. The van der Waals surface area contributed by atoms with Crippen molar-refractivity contribution in [2.45, 2.75) is 32.9 Å². The van der Waals surface area contributed by atoms with Gasteiger partial charge in [0.2, 0.25) is 21.8 Å². The van der Waals surface area contributed by atoms with Crippen molar-refractivity contribution in [2.75, 3.05) is 23.7 Å². The van der Waals surface area contributed by atoms with Crippen molar-refractivity contribution in [1.29, 1.82) is 0 Å². The first-order valence-corrected chi connectivity index (χ1v) is 13.7. The van der Waals surface area contributed by atoms with Gasteiger partial charge in [-0.3, -0.25) is 13.9 Å². The zero-order valence-electron chi connectivity index (χ0n) is 18.8. The topological polar surface area (TPSA) is 86.8 Å². The largest absolute Gasteiger partial charge is 0.355 e. The van der Waals surface area contributed by atoms with Crippen molar-refractivity contribution in [3.63, 3.8) is 0 Å². The number of hydrogen-bond donors (Lipinski definition) is 1. The molecule has 7 nitrogen and oxygen atoms in total. The average Bonchev–Trinajstić information content (AvgIpc) is 2.75. The summed E-state index contributed by atoms with van der Waals surface area (Å²) in [6, 6.07) is 8.57. The summed E-state index contributed by atoms with van der Waals surface area (Å²) in [5.41, 5.74) is 0.725. The number of sulfonamides is 1. The van der Waals surface area contributed by atoms with Crippen LogP contribution in [0.25, 0.3) is 0 Å². The fourth-order valence-corrected chi connectivity index (χ4v) is 4.97. The summed E-state index contributed by atoms with van der Waals surface area (Å²) in [6.07, 6.45) is 1.27. The first-order chi connectivity index (χ1) is 15.9. The second-order valence-electron chi connectivity index (χ2n) is 7.45. The number of benzene rings is 2. The molecule has 2 aromatic carbocycles. The third-order valence-corrected chi connectivity index (χ3v) is 7.34. The molecule has 0 unspecified atom stereocenters. The molecule has 1 atom stereocenters. The van der Waals surface area contributed by atoms with Gasteiger partial charge < -0.3 is 10.2 Å². The molecular formula is C22H25Cl4N3O4S. The lowest BCUT2D eigenvalue weighted by Crippen LogP contribution is -2.52. The van der Waals surface area contributed by atoms with Crippen molar-refractivity contribution in [2.24, 2.45) is 0 Å². The van der Waals surface area contributed by atoms with Gasteiger partial charge in [0.05, 0.1) is 27.0 Å². The van der Waals surface area contributed by atoms with Gasteiger partial charge in [0, 0.05) is 18.1 Å².